The number of nitrogens with zero attached hydrogens (tertiary/aromatic N) is 7. The lowest BCUT2D eigenvalue weighted by molar-refractivity contribution is 0.593. The minimum atomic E-state index is -0.330. The number of aryl methyl sites for hydroxylation is 2. The van der Waals surface area contributed by atoms with E-state index in [2.05, 4.69) is 26.7 Å². The van der Waals surface area contributed by atoms with Crippen LogP contribution in [0, 0.1) is 0 Å². The Hall–Kier alpha value is -2.36. The summed E-state index contributed by atoms with van der Waals surface area (Å²) in [5, 5.41) is 9.57. The average molecular weight is 389 g/mol. The summed E-state index contributed by atoms with van der Waals surface area (Å²) in [6.45, 7) is 3.33. The molecule has 1 saturated carbocycles. The topological polar surface area (TPSA) is 92.5 Å². The van der Waals surface area contributed by atoms with Crippen molar-refractivity contribution in [1.82, 2.24) is 33.4 Å². The Morgan fingerprint density at radius 3 is 2.67 bits per heavy atom. The SMILES string of the molecule is CCn1c(SCCCn2c(=O)c3c(ncn3C)n(C)c2=O)nnc1C1CC1. The largest absolute Gasteiger partial charge is 0.332 e. The summed E-state index contributed by atoms with van der Waals surface area (Å²) in [7, 11) is 3.40. The van der Waals surface area contributed by atoms with Crippen LogP contribution in [0.4, 0.5) is 0 Å². The number of fused-ring (bicyclic) bond motifs is 1. The van der Waals surface area contributed by atoms with E-state index in [-0.39, 0.29) is 11.2 Å². The molecule has 0 bridgehead atoms. The van der Waals surface area contributed by atoms with Crippen LogP contribution >= 0.6 is 11.8 Å². The summed E-state index contributed by atoms with van der Waals surface area (Å²) < 4.78 is 6.56. The molecule has 3 aromatic rings. The zero-order chi connectivity index (χ0) is 19.1. The lowest BCUT2D eigenvalue weighted by Crippen LogP contribution is -2.39. The fourth-order valence-corrected chi connectivity index (χ4v) is 4.26. The highest BCUT2D eigenvalue weighted by Crippen LogP contribution is 2.39. The molecule has 3 heterocycles. The molecule has 0 amide bonds. The third-order valence-corrected chi connectivity index (χ3v) is 6.02. The molecule has 144 valence electrons. The van der Waals surface area contributed by atoms with Crippen LogP contribution in [0.15, 0.2) is 21.1 Å². The predicted molar refractivity (Wildman–Crippen MR) is 103 cm³/mol. The first-order chi connectivity index (χ1) is 13.0. The van der Waals surface area contributed by atoms with Gasteiger partial charge in [-0.05, 0) is 26.2 Å². The van der Waals surface area contributed by atoms with Gasteiger partial charge in [0.15, 0.2) is 16.3 Å². The second kappa shape index (κ2) is 6.99. The van der Waals surface area contributed by atoms with Crippen molar-refractivity contribution in [2.75, 3.05) is 5.75 Å². The van der Waals surface area contributed by atoms with E-state index in [0.29, 0.717) is 30.0 Å². The maximum atomic E-state index is 12.7. The summed E-state index contributed by atoms with van der Waals surface area (Å²) >= 11 is 1.63. The van der Waals surface area contributed by atoms with Crippen molar-refractivity contribution < 1.29 is 0 Å². The van der Waals surface area contributed by atoms with Crippen LogP contribution in [0.2, 0.25) is 0 Å². The second-order valence-corrected chi connectivity index (χ2v) is 7.95. The smallest absolute Gasteiger partial charge is 0.328 e. The molecule has 1 aliphatic rings. The molecule has 3 aromatic heterocycles. The van der Waals surface area contributed by atoms with Crippen LogP contribution in [0.3, 0.4) is 0 Å². The van der Waals surface area contributed by atoms with E-state index in [4.69, 9.17) is 0 Å². The number of thioether (sulfide) groups is 1. The van der Waals surface area contributed by atoms with Gasteiger partial charge in [0, 0.05) is 38.9 Å². The van der Waals surface area contributed by atoms with Gasteiger partial charge in [-0.1, -0.05) is 11.8 Å². The number of aromatic nitrogens is 7. The summed E-state index contributed by atoms with van der Waals surface area (Å²) in [4.78, 5) is 29.3. The first kappa shape index (κ1) is 18.0. The third-order valence-electron chi connectivity index (χ3n) is 4.96. The first-order valence-corrected chi connectivity index (χ1v) is 10.2. The molecule has 27 heavy (non-hydrogen) atoms. The van der Waals surface area contributed by atoms with Crippen molar-refractivity contribution in [3.63, 3.8) is 0 Å². The lowest BCUT2D eigenvalue weighted by Gasteiger charge is -2.09. The molecule has 0 atom stereocenters. The predicted octanol–water partition coefficient (Wildman–Crippen LogP) is 1.10. The molecule has 0 saturated heterocycles. The van der Waals surface area contributed by atoms with Crippen LogP contribution in [-0.2, 0) is 27.2 Å². The van der Waals surface area contributed by atoms with Gasteiger partial charge in [0.1, 0.15) is 5.82 Å². The van der Waals surface area contributed by atoms with Crippen LogP contribution in [0.5, 0.6) is 0 Å². The molecule has 10 heteroatoms. The van der Waals surface area contributed by atoms with E-state index in [1.807, 2.05) is 0 Å². The highest BCUT2D eigenvalue weighted by molar-refractivity contribution is 7.99. The first-order valence-electron chi connectivity index (χ1n) is 9.19. The third kappa shape index (κ3) is 3.11. The fraction of sp³-hybridized carbons (Fsp3) is 0.588. The standard InChI is InChI=1S/C17H23N7O2S/c1-4-23-13(11-6-7-11)19-20-16(23)27-9-5-8-24-15(25)12-14(18-10-21(12)2)22(3)17(24)26/h10-11H,4-9H2,1-3H3. The Labute approximate surface area is 160 Å². The molecular formula is C17H23N7O2S. The van der Waals surface area contributed by atoms with Crippen LogP contribution in [-0.4, -0.2) is 39.2 Å². The average Bonchev–Trinajstić information content (AvgIpc) is 3.30. The summed E-state index contributed by atoms with van der Waals surface area (Å²) in [5.41, 5.74) is 0.251. The van der Waals surface area contributed by atoms with E-state index >= 15 is 0 Å². The van der Waals surface area contributed by atoms with Crippen molar-refractivity contribution in [2.24, 2.45) is 14.1 Å². The summed E-state index contributed by atoms with van der Waals surface area (Å²) in [6, 6.07) is 0. The zero-order valence-corrected chi connectivity index (χ0v) is 16.6. The molecule has 1 fully saturated rings. The van der Waals surface area contributed by atoms with Gasteiger partial charge in [0.2, 0.25) is 0 Å². The molecule has 0 spiro atoms. The molecule has 0 aromatic carbocycles. The number of rotatable bonds is 7. The van der Waals surface area contributed by atoms with Crippen molar-refractivity contribution in [3.05, 3.63) is 33.0 Å². The molecular weight excluding hydrogens is 366 g/mol. The molecule has 0 aliphatic heterocycles. The number of hydrogen-bond acceptors (Lipinski definition) is 6. The van der Waals surface area contributed by atoms with Gasteiger partial charge in [0.25, 0.3) is 5.56 Å². The van der Waals surface area contributed by atoms with E-state index in [0.717, 1.165) is 23.3 Å². The molecule has 0 radical (unpaired) electrons. The van der Waals surface area contributed by atoms with Crippen molar-refractivity contribution in [3.8, 4) is 0 Å². The Balaban J connectivity index is 1.48. The zero-order valence-electron chi connectivity index (χ0n) is 15.8. The van der Waals surface area contributed by atoms with Crippen molar-refractivity contribution in [1.29, 1.82) is 0 Å². The highest BCUT2D eigenvalue weighted by Gasteiger charge is 2.29. The van der Waals surface area contributed by atoms with Gasteiger partial charge in [-0.15, -0.1) is 10.2 Å². The van der Waals surface area contributed by atoms with E-state index in [1.54, 1.807) is 36.8 Å². The molecule has 4 rings (SSSR count). The normalized spacial score (nSPS) is 14.3. The van der Waals surface area contributed by atoms with E-state index < -0.39 is 0 Å². The molecule has 0 unspecified atom stereocenters. The van der Waals surface area contributed by atoms with Gasteiger partial charge in [-0.2, -0.15) is 0 Å². The van der Waals surface area contributed by atoms with Crippen LogP contribution in [0.25, 0.3) is 11.2 Å². The van der Waals surface area contributed by atoms with Gasteiger partial charge in [-0.3, -0.25) is 13.9 Å². The minimum absolute atomic E-state index is 0.286. The summed E-state index contributed by atoms with van der Waals surface area (Å²) in [5.74, 6) is 2.42. The van der Waals surface area contributed by atoms with Gasteiger partial charge >= 0.3 is 5.69 Å². The van der Waals surface area contributed by atoms with E-state index in [1.165, 1.54) is 22.0 Å². The Morgan fingerprint density at radius 1 is 1.19 bits per heavy atom. The maximum absolute atomic E-state index is 12.7. The molecule has 9 nitrogen and oxygen atoms in total. The lowest BCUT2D eigenvalue weighted by atomic mass is 10.4. The minimum Gasteiger partial charge on any atom is -0.328 e. The monoisotopic (exact) mass is 389 g/mol. The van der Waals surface area contributed by atoms with Gasteiger partial charge < -0.3 is 9.13 Å². The summed E-state index contributed by atoms with van der Waals surface area (Å²) in [6.07, 6.45) is 4.65. The maximum Gasteiger partial charge on any atom is 0.332 e. The van der Waals surface area contributed by atoms with Crippen molar-refractivity contribution in [2.45, 2.75) is 50.4 Å². The van der Waals surface area contributed by atoms with Crippen LogP contribution < -0.4 is 11.2 Å². The van der Waals surface area contributed by atoms with Crippen molar-refractivity contribution >= 4 is 22.9 Å². The Bertz CT molecular complexity index is 1100. The van der Waals surface area contributed by atoms with Gasteiger partial charge in [0.05, 0.1) is 6.33 Å². The molecule has 0 N–H and O–H groups in total. The number of hydrogen-bond donors (Lipinski definition) is 0. The quantitative estimate of drug-likeness (QED) is 0.444. The Kier molecular flexibility index (Phi) is 4.67. The van der Waals surface area contributed by atoms with Crippen LogP contribution in [0.1, 0.15) is 37.9 Å². The Morgan fingerprint density at radius 2 is 1.96 bits per heavy atom. The molecule has 1 aliphatic carbocycles. The van der Waals surface area contributed by atoms with E-state index in [9.17, 15) is 9.59 Å². The highest BCUT2D eigenvalue weighted by atomic mass is 32.2. The second-order valence-electron chi connectivity index (χ2n) is 6.89. The number of imidazole rings is 1. The van der Waals surface area contributed by atoms with Gasteiger partial charge in [-0.25, -0.2) is 9.78 Å². The fourth-order valence-electron chi connectivity index (χ4n) is 3.33.